The third kappa shape index (κ3) is 4.56. The minimum Gasteiger partial charge on any atom is -0.343 e. The molecule has 5 nitrogen and oxygen atoms in total. The van der Waals surface area contributed by atoms with Gasteiger partial charge in [-0.1, -0.05) is 24.1 Å². The average molecular weight is 385 g/mol. The highest BCUT2D eigenvalue weighted by molar-refractivity contribution is 6.00. The van der Waals surface area contributed by atoms with E-state index in [1.54, 1.807) is 24.3 Å². The molecule has 146 valence electrons. The van der Waals surface area contributed by atoms with E-state index in [4.69, 9.17) is 6.42 Å². The van der Waals surface area contributed by atoms with Crippen LogP contribution in [-0.2, 0) is 4.79 Å². The van der Waals surface area contributed by atoms with E-state index in [-0.39, 0.29) is 18.4 Å². The molecule has 2 aromatic carbocycles. The average Bonchev–Trinajstić information content (AvgIpc) is 3.00. The van der Waals surface area contributed by atoms with E-state index >= 15 is 0 Å². The van der Waals surface area contributed by atoms with E-state index in [1.807, 2.05) is 49.6 Å². The maximum atomic E-state index is 12.7. The Morgan fingerprint density at radius 1 is 1.03 bits per heavy atom. The second kappa shape index (κ2) is 8.49. The van der Waals surface area contributed by atoms with Gasteiger partial charge in [0, 0.05) is 28.3 Å². The van der Waals surface area contributed by atoms with Crippen molar-refractivity contribution in [3.8, 4) is 18.0 Å². The molecule has 2 amide bonds. The van der Waals surface area contributed by atoms with Crippen molar-refractivity contribution in [3.63, 3.8) is 0 Å². The fourth-order valence-corrected chi connectivity index (χ4v) is 3.30. The molecule has 1 heterocycles. The zero-order valence-electron chi connectivity index (χ0n) is 16.7. The van der Waals surface area contributed by atoms with Crippen molar-refractivity contribution in [3.05, 3.63) is 82.7 Å². The standard InChI is InChI=1S/C24H23N3O2/c1-5-19-9-7-10-20(14-19)26-23(28)15-25-24(29)22-13-17(3)27(18(22)4)21-11-6-8-16(2)12-21/h1,6-14H,15H2,2-4H3,(H,25,29)(H,26,28). The van der Waals surface area contributed by atoms with Crippen LogP contribution in [0.4, 0.5) is 5.69 Å². The second-order valence-electron chi connectivity index (χ2n) is 6.92. The minimum atomic E-state index is -0.319. The van der Waals surface area contributed by atoms with Crippen molar-refractivity contribution in [2.75, 3.05) is 11.9 Å². The molecule has 0 bridgehead atoms. The van der Waals surface area contributed by atoms with Gasteiger partial charge in [0.1, 0.15) is 0 Å². The first-order chi connectivity index (χ1) is 13.9. The summed E-state index contributed by atoms with van der Waals surface area (Å²) in [5.74, 6) is 1.91. The number of carbonyl (C=O) groups is 2. The van der Waals surface area contributed by atoms with Gasteiger partial charge in [0.05, 0.1) is 12.1 Å². The number of amides is 2. The van der Waals surface area contributed by atoms with E-state index in [1.165, 1.54) is 0 Å². The van der Waals surface area contributed by atoms with Gasteiger partial charge in [-0.05, 0) is 62.7 Å². The molecule has 2 N–H and O–H groups in total. The quantitative estimate of drug-likeness (QED) is 0.657. The Bertz CT molecular complexity index is 1120. The van der Waals surface area contributed by atoms with Crippen LogP contribution >= 0.6 is 0 Å². The van der Waals surface area contributed by atoms with Crippen molar-refractivity contribution in [2.45, 2.75) is 20.8 Å². The number of nitrogens with zero attached hydrogens (tertiary/aromatic N) is 1. The number of aromatic nitrogens is 1. The Hall–Kier alpha value is -3.78. The molecule has 0 saturated heterocycles. The van der Waals surface area contributed by atoms with Gasteiger partial charge in [0.25, 0.3) is 5.91 Å². The maximum absolute atomic E-state index is 12.7. The topological polar surface area (TPSA) is 63.1 Å². The van der Waals surface area contributed by atoms with Crippen molar-refractivity contribution in [1.82, 2.24) is 9.88 Å². The number of aryl methyl sites for hydroxylation is 2. The third-order valence-corrected chi connectivity index (χ3v) is 4.66. The normalized spacial score (nSPS) is 10.3. The molecule has 0 fully saturated rings. The SMILES string of the molecule is C#Cc1cccc(NC(=O)CNC(=O)c2cc(C)n(-c3cccc(C)c3)c2C)c1. The van der Waals surface area contributed by atoms with Crippen molar-refractivity contribution in [1.29, 1.82) is 0 Å². The predicted molar refractivity (Wildman–Crippen MR) is 115 cm³/mol. The van der Waals surface area contributed by atoms with Gasteiger partial charge in [-0.25, -0.2) is 0 Å². The van der Waals surface area contributed by atoms with Gasteiger partial charge in [-0.15, -0.1) is 6.42 Å². The van der Waals surface area contributed by atoms with Crippen LogP contribution in [0.25, 0.3) is 5.69 Å². The summed E-state index contributed by atoms with van der Waals surface area (Å²) in [6.07, 6.45) is 5.37. The molecule has 0 aliphatic heterocycles. The Morgan fingerprint density at radius 3 is 2.52 bits per heavy atom. The lowest BCUT2D eigenvalue weighted by molar-refractivity contribution is -0.115. The number of carbonyl (C=O) groups excluding carboxylic acids is 2. The highest BCUT2D eigenvalue weighted by Crippen LogP contribution is 2.21. The van der Waals surface area contributed by atoms with Crippen molar-refractivity contribution >= 4 is 17.5 Å². The lowest BCUT2D eigenvalue weighted by atomic mass is 10.2. The van der Waals surface area contributed by atoms with Gasteiger partial charge in [-0.3, -0.25) is 9.59 Å². The first kappa shape index (κ1) is 20.0. The number of anilines is 1. The summed E-state index contributed by atoms with van der Waals surface area (Å²) in [6, 6.07) is 16.9. The van der Waals surface area contributed by atoms with Gasteiger partial charge in [0.2, 0.25) is 5.91 Å². The second-order valence-corrected chi connectivity index (χ2v) is 6.92. The fourth-order valence-electron chi connectivity index (χ4n) is 3.30. The van der Waals surface area contributed by atoms with Gasteiger partial charge in [0.15, 0.2) is 0 Å². The maximum Gasteiger partial charge on any atom is 0.253 e. The Labute approximate surface area is 170 Å². The van der Waals surface area contributed by atoms with E-state index in [2.05, 4.69) is 22.6 Å². The zero-order chi connectivity index (χ0) is 21.0. The van der Waals surface area contributed by atoms with E-state index < -0.39 is 0 Å². The summed E-state index contributed by atoms with van der Waals surface area (Å²) in [5.41, 5.74) is 5.75. The molecular weight excluding hydrogens is 362 g/mol. The first-order valence-electron chi connectivity index (χ1n) is 9.29. The first-order valence-corrected chi connectivity index (χ1v) is 9.29. The molecule has 1 aromatic heterocycles. The molecule has 3 rings (SSSR count). The molecule has 0 spiro atoms. The van der Waals surface area contributed by atoms with Crippen LogP contribution in [0.3, 0.4) is 0 Å². The molecule has 3 aromatic rings. The summed E-state index contributed by atoms with van der Waals surface area (Å²) in [6.45, 7) is 5.75. The van der Waals surface area contributed by atoms with E-state index in [9.17, 15) is 9.59 Å². The largest absolute Gasteiger partial charge is 0.343 e. The molecule has 5 heteroatoms. The molecule has 29 heavy (non-hydrogen) atoms. The van der Waals surface area contributed by atoms with Crippen LogP contribution in [0.5, 0.6) is 0 Å². The van der Waals surface area contributed by atoms with Gasteiger partial charge >= 0.3 is 0 Å². The number of nitrogens with one attached hydrogen (secondary N) is 2. The summed E-state index contributed by atoms with van der Waals surface area (Å²) in [4.78, 5) is 24.8. The smallest absolute Gasteiger partial charge is 0.253 e. The predicted octanol–water partition coefficient (Wildman–Crippen LogP) is 3.75. The molecule has 0 aliphatic carbocycles. The number of hydrogen-bond donors (Lipinski definition) is 2. The number of terminal acetylenes is 1. The lowest BCUT2D eigenvalue weighted by Crippen LogP contribution is -2.33. The van der Waals surface area contributed by atoms with Crippen LogP contribution in [-0.4, -0.2) is 22.9 Å². The summed E-state index contributed by atoms with van der Waals surface area (Å²) in [7, 11) is 0. The Morgan fingerprint density at radius 2 is 1.79 bits per heavy atom. The molecule has 0 radical (unpaired) electrons. The summed E-state index contributed by atoms with van der Waals surface area (Å²) in [5, 5.41) is 5.42. The van der Waals surface area contributed by atoms with E-state index in [0.29, 0.717) is 16.8 Å². The van der Waals surface area contributed by atoms with E-state index in [0.717, 1.165) is 22.6 Å². The van der Waals surface area contributed by atoms with Gasteiger partial charge < -0.3 is 15.2 Å². The minimum absolute atomic E-state index is 0.132. The van der Waals surface area contributed by atoms with Crippen LogP contribution in [0.1, 0.15) is 32.9 Å². The van der Waals surface area contributed by atoms with Crippen LogP contribution in [0.2, 0.25) is 0 Å². The molecule has 0 saturated carbocycles. The third-order valence-electron chi connectivity index (χ3n) is 4.66. The van der Waals surface area contributed by atoms with Crippen molar-refractivity contribution in [2.24, 2.45) is 0 Å². The van der Waals surface area contributed by atoms with Crippen LogP contribution in [0.15, 0.2) is 54.6 Å². The number of hydrogen-bond acceptors (Lipinski definition) is 2. The number of benzene rings is 2. The highest BCUT2D eigenvalue weighted by atomic mass is 16.2. The van der Waals surface area contributed by atoms with Crippen LogP contribution in [0, 0.1) is 33.1 Å². The monoisotopic (exact) mass is 385 g/mol. The molecule has 0 atom stereocenters. The van der Waals surface area contributed by atoms with Crippen molar-refractivity contribution < 1.29 is 9.59 Å². The zero-order valence-corrected chi connectivity index (χ0v) is 16.7. The Kier molecular flexibility index (Phi) is 5.85. The van der Waals surface area contributed by atoms with Gasteiger partial charge in [-0.2, -0.15) is 0 Å². The fraction of sp³-hybridized carbons (Fsp3) is 0.167. The summed E-state index contributed by atoms with van der Waals surface area (Å²) >= 11 is 0. The highest BCUT2D eigenvalue weighted by Gasteiger charge is 2.17. The lowest BCUT2D eigenvalue weighted by Gasteiger charge is -2.11. The number of rotatable bonds is 5. The summed E-state index contributed by atoms with van der Waals surface area (Å²) < 4.78 is 2.04. The molecular formula is C24H23N3O2. The van der Waals surface area contributed by atoms with Crippen LogP contribution < -0.4 is 10.6 Å². The molecule has 0 aliphatic rings. The Balaban J connectivity index is 1.69. The molecule has 0 unspecified atom stereocenters.